The van der Waals surface area contributed by atoms with Gasteiger partial charge in [0.25, 0.3) is 5.76 Å². The van der Waals surface area contributed by atoms with E-state index in [0.717, 1.165) is 48.5 Å². The van der Waals surface area contributed by atoms with E-state index in [4.69, 9.17) is 4.98 Å². The molecule has 1 saturated heterocycles. The van der Waals surface area contributed by atoms with E-state index in [2.05, 4.69) is 20.3 Å². The zero-order valence-electron chi connectivity index (χ0n) is 14.9. The molecule has 4 rings (SSSR count). The van der Waals surface area contributed by atoms with E-state index in [1.54, 1.807) is 35.1 Å². The molecule has 0 spiro atoms. The lowest BCUT2D eigenvalue weighted by molar-refractivity contribution is 0.252. The molecule has 1 aliphatic rings. The zero-order chi connectivity index (χ0) is 18.8. The quantitative estimate of drug-likeness (QED) is 0.651. The molecule has 142 valence electrons. The van der Waals surface area contributed by atoms with Crippen molar-refractivity contribution in [2.75, 3.05) is 23.3 Å². The number of anilines is 3. The fraction of sp³-hybridized carbons (Fsp3) is 0.389. The van der Waals surface area contributed by atoms with Crippen molar-refractivity contribution in [2.45, 2.75) is 29.9 Å². The van der Waals surface area contributed by atoms with E-state index in [-0.39, 0.29) is 0 Å². The Morgan fingerprint density at radius 1 is 1.07 bits per heavy atom. The fourth-order valence-electron chi connectivity index (χ4n) is 3.26. The van der Waals surface area contributed by atoms with Crippen molar-refractivity contribution in [3.05, 3.63) is 30.5 Å². The third-order valence-electron chi connectivity index (χ3n) is 4.56. The van der Waals surface area contributed by atoms with Crippen LogP contribution in [0.15, 0.2) is 35.4 Å². The lowest BCUT2D eigenvalue weighted by Gasteiger charge is -2.28. The number of nitrogens with zero attached hydrogens (tertiary/aromatic N) is 5. The number of fused-ring (bicyclic) bond motifs is 1. The second-order valence-electron chi connectivity index (χ2n) is 6.45. The number of rotatable bonds is 5. The van der Waals surface area contributed by atoms with Gasteiger partial charge < -0.3 is 10.2 Å². The molecule has 0 radical (unpaired) electrons. The molecule has 0 aliphatic carbocycles. The molecule has 1 aromatic carbocycles. The van der Waals surface area contributed by atoms with E-state index in [9.17, 15) is 8.78 Å². The molecule has 2 aromatic heterocycles. The number of aromatic nitrogens is 4. The largest absolute Gasteiger partial charge is 0.356 e. The smallest absolute Gasteiger partial charge is 0.288 e. The van der Waals surface area contributed by atoms with Crippen molar-refractivity contribution in [2.24, 2.45) is 7.05 Å². The van der Waals surface area contributed by atoms with Crippen molar-refractivity contribution in [3.63, 3.8) is 0 Å². The van der Waals surface area contributed by atoms with Crippen LogP contribution in [0, 0.1) is 0 Å². The van der Waals surface area contributed by atoms with Gasteiger partial charge in [0, 0.05) is 30.7 Å². The fourth-order valence-corrected chi connectivity index (χ4v) is 3.76. The van der Waals surface area contributed by atoms with Crippen LogP contribution in [0.4, 0.5) is 26.2 Å². The number of halogens is 2. The maximum atomic E-state index is 12.5. The number of benzene rings is 1. The third kappa shape index (κ3) is 3.97. The Labute approximate surface area is 160 Å². The Morgan fingerprint density at radius 2 is 1.81 bits per heavy atom. The Bertz CT molecular complexity index is 921. The summed E-state index contributed by atoms with van der Waals surface area (Å²) in [6.07, 6.45) is 5.35. The summed E-state index contributed by atoms with van der Waals surface area (Å²) in [5.41, 5.74) is 1.51. The number of hydrogen-bond acceptors (Lipinski definition) is 6. The Morgan fingerprint density at radius 3 is 2.52 bits per heavy atom. The lowest BCUT2D eigenvalue weighted by atomic mass is 10.1. The molecule has 9 heteroatoms. The summed E-state index contributed by atoms with van der Waals surface area (Å²) in [5.74, 6) is -1.06. The molecule has 1 fully saturated rings. The molecule has 0 amide bonds. The topological polar surface area (TPSA) is 58.9 Å². The molecule has 0 atom stereocenters. The van der Waals surface area contributed by atoms with Crippen LogP contribution in [0.2, 0.25) is 0 Å². The first kappa shape index (κ1) is 18.0. The molecule has 3 heterocycles. The summed E-state index contributed by atoms with van der Waals surface area (Å²) < 4.78 is 26.7. The normalized spacial score (nSPS) is 14.9. The summed E-state index contributed by atoms with van der Waals surface area (Å²) in [6, 6.07) is 6.82. The maximum Gasteiger partial charge on any atom is 0.288 e. The number of piperidine rings is 1. The Hall–Kier alpha value is -2.42. The molecule has 0 unspecified atom stereocenters. The van der Waals surface area contributed by atoms with E-state index < -0.39 is 5.76 Å². The predicted octanol–water partition coefficient (Wildman–Crippen LogP) is 4.41. The van der Waals surface area contributed by atoms with Crippen molar-refractivity contribution >= 4 is 40.2 Å². The minimum atomic E-state index is -2.42. The number of alkyl halides is 2. The van der Waals surface area contributed by atoms with E-state index >= 15 is 0 Å². The summed E-state index contributed by atoms with van der Waals surface area (Å²) in [7, 11) is 1.86. The highest BCUT2D eigenvalue weighted by Gasteiger charge is 2.19. The highest BCUT2D eigenvalue weighted by atomic mass is 32.2. The van der Waals surface area contributed by atoms with Gasteiger partial charge in [-0.15, -0.1) is 0 Å². The van der Waals surface area contributed by atoms with Crippen LogP contribution in [0.5, 0.6) is 0 Å². The molecular formula is C18H20F2N6S. The van der Waals surface area contributed by atoms with Crippen LogP contribution in [-0.4, -0.2) is 38.6 Å². The van der Waals surface area contributed by atoms with Gasteiger partial charge in [0.1, 0.15) is 5.82 Å². The number of hydrogen-bond donors (Lipinski definition) is 1. The van der Waals surface area contributed by atoms with E-state index in [0.29, 0.717) is 22.6 Å². The number of thioether (sulfide) groups is 1. The van der Waals surface area contributed by atoms with Crippen molar-refractivity contribution in [1.82, 2.24) is 19.7 Å². The van der Waals surface area contributed by atoms with Crippen LogP contribution in [0.3, 0.4) is 0 Å². The predicted molar refractivity (Wildman–Crippen MR) is 104 cm³/mol. The molecule has 0 bridgehead atoms. The average Bonchev–Trinajstić information content (AvgIpc) is 3.04. The molecule has 27 heavy (non-hydrogen) atoms. The van der Waals surface area contributed by atoms with E-state index in [1.165, 1.54) is 6.42 Å². The van der Waals surface area contributed by atoms with Crippen molar-refractivity contribution in [1.29, 1.82) is 0 Å². The average molecular weight is 390 g/mol. The van der Waals surface area contributed by atoms with Crippen molar-refractivity contribution < 1.29 is 8.78 Å². The summed E-state index contributed by atoms with van der Waals surface area (Å²) >= 11 is 0.529. The van der Waals surface area contributed by atoms with Gasteiger partial charge in [-0.1, -0.05) is 11.8 Å². The standard InChI is InChI=1S/C18H20F2N6S/c1-25-15-14(11-21-25)16(26-9-3-2-4-10-26)24-18(23-15)22-12-5-7-13(8-6-12)27-17(19)20/h5-8,11,17H,2-4,9-10H2,1H3,(H,22,23,24). The minimum Gasteiger partial charge on any atom is -0.356 e. The first-order valence-corrected chi connectivity index (χ1v) is 9.75. The summed E-state index contributed by atoms with van der Waals surface area (Å²) in [5, 5.41) is 8.45. The SMILES string of the molecule is Cn1ncc2c(N3CCCCC3)nc(Nc3ccc(SC(F)F)cc3)nc21. The van der Waals surface area contributed by atoms with Crippen LogP contribution in [-0.2, 0) is 7.05 Å². The number of aryl methyl sites for hydroxylation is 1. The van der Waals surface area contributed by atoms with Gasteiger partial charge >= 0.3 is 0 Å². The maximum absolute atomic E-state index is 12.5. The molecule has 1 aliphatic heterocycles. The van der Waals surface area contributed by atoms with E-state index in [1.807, 2.05) is 7.05 Å². The van der Waals surface area contributed by atoms with Crippen LogP contribution in [0.25, 0.3) is 11.0 Å². The van der Waals surface area contributed by atoms with Crippen LogP contribution < -0.4 is 10.2 Å². The highest BCUT2D eigenvalue weighted by Crippen LogP contribution is 2.30. The molecule has 3 aromatic rings. The van der Waals surface area contributed by atoms with Gasteiger partial charge in [-0.2, -0.15) is 23.8 Å². The van der Waals surface area contributed by atoms with Gasteiger partial charge in [-0.05, 0) is 43.5 Å². The highest BCUT2D eigenvalue weighted by molar-refractivity contribution is 7.99. The van der Waals surface area contributed by atoms with Gasteiger partial charge in [-0.25, -0.2) is 0 Å². The Kier molecular flexibility index (Phi) is 5.11. The molecule has 6 nitrogen and oxygen atoms in total. The van der Waals surface area contributed by atoms with Gasteiger partial charge in [0.15, 0.2) is 5.65 Å². The minimum absolute atomic E-state index is 0.473. The van der Waals surface area contributed by atoms with Gasteiger partial charge in [0.05, 0.1) is 11.6 Å². The second kappa shape index (κ2) is 7.67. The van der Waals surface area contributed by atoms with Crippen molar-refractivity contribution in [3.8, 4) is 0 Å². The van der Waals surface area contributed by atoms with Gasteiger partial charge in [-0.3, -0.25) is 4.68 Å². The van der Waals surface area contributed by atoms with Crippen LogP contribution in [0.1, 0.15) is 19.3 Å². The molecular weight excluding hydrogens is 370 g/mol. The Balaban J connectivity index is 1.64. The second-order valence-corrected chi connectivity index (χ2v) is 7.52. The molecule has 0 saturated carbocycles. The zero-order valence-corrected chi connectivity index (χ0v) is 15.7. The monoisotopic (exact) mass is 390 g/mol. The first-order valence-electron chi connectivity index (χ1n) is 8.87. The molecule has 1 N–H and O–H groups in total. The first-order chi connectivity index (χ1) is 13.1. The summed E-state index contributed by atoms with van der Waals surface area (Å²) in [4.78, 5) is 12.1. The number of nitrogens with one attached hydrogen (secondary N) is 1. The van der Waals surface area contributed by atoms with Gasteiger partial charge in [0.2, 0.25) is 5.95 Å². The summed E-state index contributed by atoms with van der Waals surface area (Å²) in [6.45, 7) is 1.94. The lowest BCUT2D eigenvalue weighted by Crippen LogP contribution is -2.30. The third-order valence-corrected chi connectivity index (χ3v) is 5.29. The van der Waals surface area contributed by atoms with Crippen LogP contribution >= 0.6 is 11.8 Å².